The number of hydrogen-bond acceptors (Lipinski definition) is 4. The Labute approximate surface area is 146 Å². The molecule has 0 saturated carbocycles. The summed E-state index contributed by atoms with van der Waals surface area (Å²) in [5.41, 5.74) is 1.32. The van der Waals surface area contributed by atoms with Crippen molar-refractivity contribution in [2.75, 3.05) is 40.6 Å². The quantitative estimate of drug-likeness (QED) is 0.441. The van der Waals surface area contributed by atoms with Crippen LogP contribution in [0.15, 0.2) is 30.3 Å². The van der Waals surface area contributed by atoms with Gasteiger partial charge in [0.15, 0.2) is 0 Å². The topological polar surface area (TPSA) is 36.9 Å². The number of ether oxygens (including phenoxy) is 2. The summed E-state index contributed by atoms with van der Waals surface area (Å²) in [5, 5.41) is 0. The molecular weight excluding hydrogens is 270 g/mol. The van der Waals surface area contributed by atoms with Gasteiger partial charge in [-0.15, -0.1) is 0 Å². The van der Waals surface area contributed by atoms with Gasteiger partial charge in [0.2, 0.25) is 0 Å². The summed E-state index contributed by atoms with van der Waals surface area (Å²) in [5.74, 6) is 0. The van der Waals surface area contributed by atoms with E-state index in [0.29, 0.717) is 26.4 Å². The van der Waals surface area contributed by atoms with Gasteiger partial charge in [0.1, 0.15) is 0 Å². The second-order valence-corrected chi connectivity index (χ2v) is 4.63. The Balaban J connectivity index is -0.000000280. The Hall–Kier alpha value is 0.592. The third-order valence-corrected chi connectivity index (χ3v) is 2.88. The predicted molar refractivity (Wildman–Crippen MR) is 75.1 cm³/mol. The summed E-state index contributed by atoms with van der Waals surface area (Å²) < 4.78 is 19.9. The van der Waals surface area contributed by atoms with Crippen LogP contribution in [0.4, 0.5) is 0 Å². The monoisotopic (exact) mass is 294 g/mol. The van der Waals surface area contributed by atoms with Crippen molar-refractivity contribution in [3.05, 3.63) is 35.9 Å². The summed E-state index contributed by atoms with van der Waals surface area (Å²) in [6.45, 7) is 4.63. The summed E-state index contributed by atoms with van der Waals surface area (Å²) in [4.78, 5) is 0. The third kappa shape index (κ3) is 18.6. The van der Waals surface area contributed by atoms with Crippen molar-refractivity contribution < 1.29 is 48.0 Å². The van der Waals surface area contributed by atoms with E-state index in [-0.39, 0.29) is 31.0 Å². The van der Waals surface area contributed by atoms with E-state index in [4.69, 9.17) is 17.1 Å². The van der Waals surface area contributed by atoms with Crippen LogP contribution in [0, 0.1) is 6.92 Å². The molecule has 0 aromatic heterocycles. The average molecular weight is 294 g/mol. The number of benzene rings is 1. The van der Waals surface area contributed by atoms with Gasteiger partial charge in [0, 0.05) is 27.4 Å². The van der Waals surface area contributed by atoms with Crippen LogP contribution in [0.1, 0.15) is 6.99 Å². The van der Waals surface area contributed by atoms with Crippen LogP contribution < -0.4 is 29.6 Å². The van der Waals surface area contributed by atoms with Crippen LogP contribution in [0.5, 0.6) is 0 Å². The van der Waals surface area contributed by atoms with Crippen molar-refractivity contribution in [3.63, 3.8) is 0 Å². The van der Waals surface area contributed by atoms with Gasteiger partial charge in [-0.2, -0.15) is 0 Å². The molecule has 104 valence electrons. The molecule has 0 saturated heterocycles. The zero-order valence-corrected chi connectivity index (χ0v) is 16.0. The molecule has 1 aromatic rings. The molecule has 0 aliphatic carbocycles. The van der Waals surface area contributed by atoms with Crippen LogP contribution in [0.2, 0.25) is 0 Å². The van der Waals surface area contributed by atoms with Crippen molar-refractivity contribution in [1.82, 2.24) is 0 Å². The fourth-order valence-corrected chi connectivity index (χ4v) is 1.58. The molecule has 0 heterocycles. The van der Waals surface area contributed by atoms with Crippen molar-refractivity contribution in [2.45, 2.75) is 6.92 Å². The molecule has 19 heavy (non-hydrogen) atoms. The first-order valence-corrected chi connectivity index (χ1v) is 7.11. The van der Waals surface area contributed by atoms with Gasteiger partial charge in [-0.3, -0.25) is 0 Å². The van der Waals surface area contributed by atoms with Gasteiger partial charge >= 0.3 is 45.4 Å². The summed E-state index contributed by atoms with van der Waals surface area (Å²) in [6, 6.07) is 10.3. The third-order valence-electron chi connectivity index (χ3n) is 1.97. The first kappa shape index (κ1) is 21.9. The van der Waals surface area contributed by atoms with Crippen molar-refractivity contribution in [2.24, 2.45) is 0 Å². The molecule has 0 aliphatic heterocycles. The number of aryl methyl sites for hydroxylation is 1. The van der Waals surface area contributed by atoms with Crippen LogP contribution in [-0.2, 0) is 17.1 Å². The van der Waals surface area contributed by atoms with E-state index in [1.54, 1.807) is 14.2 Å². The van der Waals surface area contributed by atoms with Crippen molar-refractivity contribution in [3.8, 4) is 0 Å². The summed E-state index contributed by atoms with van der Waals surface area (Å²) in [7, 11) is 3.30. The first-order valence-electron chi connectivity index (χ1n) is 5.96. The molecule has 1 rings (SSSR count). The fourth-order valence-electron chi connectivity index (χ4n) is 0.996. The zero-order valence-electron chi connectivity index (χ0n) is 13.6. The van der Waals surface area contributed by atoms with Gasteiger partial charge in [0.25, 0.3) is 0 Å². The smallest absolute Gasteiger partial charge is 1.00 e. The van der Waals surface area contributed by atoms with E-state index < -0.39 is 15.9 Å². The van der Waals surface area contributed by atoms with Gasteiger partial charge in [0.05, 0.1) is 13.2 Å². The molecular formula is C13H24AlNaO4. The van der Waals surface area contributed by atoms with Crippen LogP contribution >= 0.6 is 0 Å². The van der Waals surface area contributed by atoms with Crippen LogP contribution in [-0.4, -0.2) is 56.5 Å². The second-order valence-electron chi connectivity index (χ2n) is 3.57. The van der Waals surface area contributed by atoms with Gasteiger partial charge < -0.3 is 18.5 Å². The zero-order chi connectivity index (χ0) is 13.5. The van der Waals surface area contributed by atoms with E-state index in [1.807, 2.05) is 18.2 Å². The average Bonchev–Trinajstić information content (AvgIpc) is 2.39. The molecule has 0 N–H and O–H groups in total. The molecule has 4 nitrogen and oxygen atoms in total. The first-order chi connectivity index (χ1) is 8.81. The largest absolute Gasteiger partial charge is 1.00 e. The standard InChI is InChI=1S/C7H8.2C3H7O2.Al.Na.2H/c1-7-5-3-2-4-6-7;2*1-5-3-2-4;;;;/h2-6H,1H3;2*2-3H2,1H3;;;;/q;2*-1;+2;+1;;-1. The maximum Gasteiger partial charge on any atom is 1.00 e. The van der Waals surface area contributed by atoms with Gasteiger partial charge in [-0.25, -0.2) is 0 Å². The van der Waals surface area contributed by atoms with Gasteiger partial charge in [-0.05, 0) is 6.92 Å². The Morgan fingerprint density at radius 1 is 0.895 bits per heavy atom. The molecule has 0 spiro atoms. The molecule has 0 amide bonds. The van der Waals surface area contributed by atoms with Crippen LogP contribution in [0.25, 0.3) is 0 Å². The minimum atomic E-state index is -0.789. The molecule has 0 radical (unpaired) electrons. The fraction of sp³-hybridized carbons (Fsp3) is 0.538. The van der Waals surface area contributed by atoms with E-state index >= 15 is 0 Å². The maximum absolute atomic E-state index is 5.16. The van der Waals surface area contributed by atoms with E-state index in [1.165, 1.54) is 5.56 Å². The van der Waals surface area contributed by atoms with E-state index in [0.717, 1.165) is 0 Å². The predicted octanol–water partition coefficient (Wildman–Crippen LogP) is -1.31. The molecule has 0 bridgehead atoms. The molecule has 0 atom stereocenters. The number of methoxy groups -OCH3 is 2. The Bertz CT molecular complexity index is 260. The normalized spacial score (nSPS) is 9.00. The molecule has 1 aromatic carbocycles. The number of hydrogen-bond donors (Lipinski definition) is 0. The van der Waals surface area contributed by atoms with E-state index in [9.17, 15) is 0 Å². The minimum absolute atomic E-state index is 0. The summed E-state index contributed by atoms with van der Waals surface area (Å²) in [6.07, 6.45) is 0. The Morgan fingerprint density at radius 3 is 1.68 bits per heavy atom. The second kappa shape index (κ2) is 18.6. The van der Waals surface area contributed by atoms with Crippen molar-refractivity contribution >= 4 is 15.9 Å². The summed E-state index contributed by atoms with van der Waals surface area (Å²) >= 11 is -0.789. The SMILES string of the molecule is COCC[O][AlH][O]CCOC.Cc1ccccc1.[H-].[Na+]. The Kier molecular flexibility index (Phi) is 21.4. The van der Waals surface area contributed by atoms with Crippen LogP contribution in [0.3, 0.4) is 0 Å². The minimum Gasteiger partial charge on any atom is -1.00 e. The Morgan fingerprint density at radius 2 is 1.37 bits per heavy atom. The molecule has 0 fully saturated rings. The van der Waals surface area contributed by atoms with Crippen molar-refractivity contribution in [1.29, 1.82) is 0 Å². The number of rotatable bonds is 8. The molecule has 6 heteroatoms. The van der Waals surface area contributed by atoms with Gasteiger partial charge in [-0.1, -0.05) is 35.9 Å². The molecule has 0 unspecified atom stereocenters. The molecule has 0 aliphatic rings. The maximum atomic E-state index is 5.16. The van der Waals surface area contributed by atoms with E-state index in [2.05, 4.69) is 19.1 Å².